The van der Waals surface area contributed by atoms with Gasteiger partial charge in [-0.15, -0.1) is 6.42 Å². The maximum Gasteiger partial charge on any atom is 0.420 e. The van der Waals surface area contributed by atoms with Crippen molar-refractivity contribution in [2.45, 2.75) is 18.1 Å². The number of urea groups is 1. The molecule has 3 atom stereocenters. The largest absolute Gasteiger partial charge is 0.467 e. The number of nitrogens with two attached hydrogens (primary N) is 2. The van der Waals surface area contributed by atoms with E-state index in [0.29, 0.717) is 35.7 Å². The molecule has 2 heterocycles. The molecule has 4 rings (SSSR count). The summed E-state index contributed by atoms with van der Waals surface area (Å²) in [7, 11) is 1.23. The Morgan fingerprint density at radius 2 is 1.84 bits per heavy atom. The predicted octanol–water partition coefficient (Wildman–Crippen LogP) is 0.760. The van der Waals surface area contributed by atoms with E-state index in [1.54, 1.807) is 53.4 Å². The minimum absolute atomic E-state index is 0.0263. The minimum atomic E-state index is -1.70. The number of methoxy groups -OCH3 is 1. The molecule has 11 heteroatoms. The second kappa shape index (κ2) is 10.6. The van der Waals surface area contributed by atoms with Gasteiger partial charge in [0.25, 0.3) is 11.8 Å². The number of likely N-dealkylation sites (tertiary alicyclic amines) is 1. The van der Waals surface area contributed by atoms with Gasteiger partial charge in [-0.05, 0) is 24.3 Å². The maximum atomic E-state index is 13.5. The number of benzene rings is 2. The third-order valence-corrected chi connectivity index (χ3v) is 7.22. The van der Waals surface area contributed by atoms with Crippen molar-refractivity contribution in [3.05, 3.63) is 59.7 Å². The Bertz CT molecular complexity index is 1290. The molecule has 2 fully saturated rings. The van der Waals surface area contributed by atoms with E-state index in [4.69, 9.17) is 27.4 Å². The smallest absolute Gasteiger partial charge is 0.420 e. The van der Waals surface area contributed by atoms with Crippen LogP contribution >= 0.6 is 0 Å². The molecule has 0 bridgehead atoms. The highest BCUT2D eigenvalue weighted by Crippen LogP contribution is 2.49. The molecule has 2 aromatic rings. The molecule has 2 aliphatic heterocycles. The summed E-state index contributed by atoms with van der Waals surface area (Å²) < 4.78 is 15.0. The molecule has 0 aromatic heterocycles. The molecule has 2 saturated heterocycles. The molecule has 0 radical (unpaired) electrons. The van der Waals surface area contributed by atoms with Crippen molar-refractivity contribution in [3.63, 3.8) is 0 Å². The average Bonchev–Trinajstić information content (AvgIpc) is 3.30. The van der Waals surface area contributed by atoms with E-state index in [9.17, 15) is 19.2 Å². The van der Waals surface area contributed by atoms with Gasteiger partial charge in [0.1, 0.15) is 31.5 Å². The van der Waals surface area contributed by atoms with E-state index >= 15 is 0 Å². The van der Waals surface area contributed by atoms with Gasteiger partial charge in [0.05, 0.1) is 13.7 Å². The van der Waals surface area contributed by atoms with Crippen molar-refractivity contribution in [2.24, 2.45) is 11.5 Å². The highest BCUT2D eigenvalue weighted by Gasteiger charge is 2.68. The minimum Gasteiger partial charge on any atom is -0.467 e. The van der Waals surface area contributed by atoms with Gasteiger partial charge in [0.2, 0.25) is 5.54 Å². The van der Waals surface area contributed by atoms with Gasteiger partial charge in [-0.3, -0.25) is 9.59 Å². The summed E-state index contributed by atoms with van der Waals surface area (Å²) in [4.78, 5) is 52.6. The van der Waals surface area contributed by atoms with Crippen LogP contribution in [0.5, 0.6) is 0 Å². The van der Waals surface area contributed by atoms with Crippen molar-refractivity contribution < 1.29 is 33.4 Å². The number of primary amides is 2. The van der Waals surface area contributed by atoms with E-state index in [1.165, 1.54) is 7.11 Å². The molecule has 0 spiro atoms. The number of carbonyl (C=O) groups is 4. The fourth-order valence-corrected chi connectivity index (χ4v) is 5.39. The van der Waals surface area contributed by atoms with Gasteiger partial charge >= 0.3 is 12.0 Å². The highest BCUT2D eigenvalue weighted by atomic mass is 16.6. The first-order valence-electron chi connectivity index (χ1n) is 11.9. The quantitative estimate of drug-likeness (QED) is 0.310. The van der Waals surface area contributed by atoms with Crippen LogP contribution in [-0.2, 0) is 34.1 Å². The third-order valence-electron chi connectivity index (χ3n) is 7.22. The summed E-state index contributed by atoms with van der Waals surface area (Å²) >= 11 is 0. The molecule has 0 saturated carbocycles. The summed E-state index contributed by atoms with van der Waals surface area (Å²) in [5.41, 5.74) is 12.4. The number of ether oxygens (including phenoxy) is 3. The molecular weight excluding hydrogens is 492 g/mol. The Kier molecular flexibility index (Phi) is 7.50. The summed E-state index contributed by atoms with van der Waals surface area (Å²) in [6, 6.07) is 12.4. The van der Waals surface area contributed by atoms with Gasteiger partial charge in [0.15, 0.2) is 0 Å². The van der Waals surface area contributed by atoms with E-state index in [1.807, 2.05) is 0 Å². The van der Waals surface area contributed by atoms with Crippen molar-refractivity contribution in [2.75, 3.05) is 44.9 Å². The Balaban J connectivity index is 1.86. The first-order chi connectivity index (χ1) is 18.2. The molecule has 4 N–H and O–H groups in total. The number of hydrogen-bond acceptors (Lipinski definition) is 7. The fourth-order valence-electron chi connectivity index (χ4n) is 5.39. The van der Waals surface area contributed by atoms with E-state index in [-0.39, 0.29) is 32.1 Å². The standard InChI is InChI=1S/C27H28N4O7/c1-3-18-4-10-21(11-5-18)31(26(29)35)15-22(38-17-24(33)36-2)14-27(31,25(28)34)19-6-8-20(9-7-19)30-12-13-37-16-23(30)32/h1,4-11,22H,12-17H2,2H3,(H3-,28,29,34,35)/p+1/t22-,27-,31?/m1/s1. The zero-order valence-electron chi connectivity index (χ0n) is 20.9. The number of esters is 1. The zero-order valence-corrected chi connectivity index (χ0v) is 20.9. The molecule has 2 aromatic carbocycles. The number of nitrogens with zero attached hydrogens (tertiary/aromatic N) is 2. The second-order valence-corrected chi connectivity index (χ2v) is 9.10. The van der Waals surface area contributed by atoms with Crippen LogP contribution < -0.4 is 20.9 Å². The Morgan fingerprint density at radius 3 is 2.39 bits per heavy atom. The number of amides is 4. The fraction of sp³-hybridized carbons (Fsp3) is 0.333. The Labute approximate surface area is 219 Å². The summed E-state index contributed by atoms with van der Waals surface area (Å²) in [6.07, 6.45) is 4.70. The summed E-state index contributed by atoms with van der Waals surface area (Å²) in [5.74, 6) is 0.903. The lowest BCUT2D eigenvalue weighted by Crippen LogP contribution is -2.70. The van der Waals surface area contributed by atoms with E-state index in [2.05, 4.69) is 10.7 Å². The van der Waals surface area contributed by atoms with Crippen LogP contribution in [0.15, 0.2) is 48.5 Å². The molecule has 1 unspecified atom stereocenters. The van der Waals surface area contributed by atoms with Crippen LogP contribution in [-0.4, -0.2) is 69.9 Å². The average molecular weight is 522 g/mol. The number of hydrogen-bond donors (Lipinski definition) is 2. The topological polar surface area (TPSA) is 151 Å². The molecular formula is C27H29N4O7+. The number of quaternary nitrogens is 1. The van der Waals surface area contributed by atoms with Gasteiger partial charge in [-0.1, -0.05) is 18.1 Å². The molecule has 0 aliphatic carbocycles. The Hall–Kier alpha value is -4.24. The lowest BCUT2D eigenvalue weighted by atomic mass is 9.83. The first kappa shape index (κ1) is 26.8. The predicted molar refractivity (Wildman–Crippen MR) is 137 cm³/mol. The zero-order chi connectivity index (χ0) is 27.5. The summed E-state index contributed by atoms with van der Waals surface area (Å²) in [5, 5.41) is 0. The molecule has 11 nitrogen and oxygen atoms in total. The Morgan fingerprint density at radius 1 is 1.16 bits per heavy atom. The van der Waals surface area contributed by atoms with Crippen molar-refractivity contribution >= 4 is 35.2 Å². The molecule has 38 heavy (non-hydrogen) atoms. The van der Waals surface area contributed by atoms with Gasteiger partial charge < -0.3 is 30.6 Å². The van der Waals surface area contributed by atoms with Crippen LogP contribution in [0, 0.1) is 12.3 Å². The normalized spacial score (nSPS) is 25.0. The monoisotopic (exact) mass is 521 g/mol. The summed E-state index contributed by atoms with van der Waals surface area (Å²) in [6.45, 7) is 0.289. The van der Waals surface area contributed by atoms with Gasteiger partial charge in [-0.2, -0.15) is 4.48 Å². The SMILES string of the molecule is C#Cc1ccc([N+]2(C(N)=O)C[C@H](OCC(=O)OC)C[C@]2(C(N)=O)c2ccc(N3CCOCC3=O)cc2)cc1. The molecule has 2 aliphatic rings. The lowest BCUT2D eigenvalue weighted by Gasteiger charge is -2.42. The number of rotatable bonds is 7. The van der Waals surface area contributed by atoms with Crippen molar-refractivity contribution in [1.29, 1.82) is 0 Å². The highest BCUT2D eigenvalue weighted by molar-refractivity contribution is 6.00. The van der Waals surface area contributed by atoms with Crippen LogP contribution in [0.3, 0.4) is 0 Å². The van der Waals surface area contributed by atoms with E-state index < -0.39 is 34.0 Å². The second-order valence-electron chi connectivity index (χ2n) is 9.10. The van der Waals surface area contributed by atoms with Crippen LogP contribution in [0.1, 0.15) is 17.5 Å². The maximum absolute atomic E-state index is 13.5. The number of terminal acetylenes is 1. The van der Waals surface area contributed by atoms with Crippen LogP contribution in [0.2, 0.25) is 0 Å². The number of carbonyl (C=O) groups excluding carboxylic acids is 4. The van der Waals surface area contributed by atoms with Crippen molar-refractivity contribution in [3.8, 4) is 12.3 Å². The number of morpholine rings is 1. The van der Waals surface area contributed by atoms with Gasteiger partial charge in [-0.25, -0.2) is 9.59 Å². The molecule has 4 amide bonds. The third kappa shape index (κ3) is 4.39. The van der Waals surface area contributed by atoms with Crippen LogP contribution in [0.25, 0.3) is 0 Å². The number of anilines is 1. The van der Waals surface area contributed by atoms with Crippen molar-refractivity contribution in [1.82, 2.24) is 4.48 Å². The first-order valence-corrected chi connectivity index (χ1v) is 11.9. The van der Waals surface area contributed by atoms with Gasteiger partial charge in [0, 0.05) is 41.9 Å². The lowest BCUT2D eigenvalue weighted by molar-refractivity contribution is -0.147. The van der Waals surface area contributed by atoms with Crippen LogP contribution in [0.4, 0.5) is 16.2 Å². The van der Waals surface area contributed by atoms with E-state index in [0.717, 1.165) is 0 Å². The molecule has 198 valence electrons.